The van der Waals surface area contributed by atoms with E-state index in [0.29, 0.717) is 25.3 Å². The molecule has 25 heavy (non-hydrogen) atoms. The van der Waals surface area contributed by atoms with E-state index >= 15 is 0 Å². The van der Waals surface area contributed by atoms with Gasteiger partial charge in [0.25, 0.3) is 12.4 Å². The lowest BCUT2D eigenvalue weighted by Gasteiger charge is -2.32. The number of nitrogens with one attached hydrogen (secondary N) is 1. The second-order valence-corrected chi connectivity index (χ2v) is 5.42. The minimum absolute atomic E-state index is 0.0654. The number of carbonyl (C=O) groups is 2. The molecule has 0 bridgehead atoms. The summed E-state index contributed by atoms with van der Waals surface area (Å²) in [7, 11) is 1.61. The summed E-state index contributed by atoms with van der Waals surface area (Å²) in [6, 6.07) is 2.94. The van der Waals surface area contributed by atoms with Crippen molar-refractivity contribution >= 4 is 12.4 Å². The van der Waals surface area contributed by atoms with Crippen LogP contribution >= 0.6 is 0 Å². The van der Waals surface area contributed by atoms with E-state index in [2.05, 4.69) is 15.2 Å². The molecule has 0 spiro atoms. The number of pyridine rings is 1. The van der Waals surface area contributed by atoms with Crippen molar-refractivity contribution in [2.45, 2.75) is 26.1 Å². The van der Waals surface area contributed by atoms with Gasteiger partial charge in [0.15, 0.2) is 11.6 Å². The number of ether oxygens (including phenoxy) is 1. The molecule has 2 aromatic rings. The van der Waals surface area contributed by atoms with Gasteiger partial charge in [0.2, 0.25) is 5.56 Å². The van der Waals surface area contributed by atoms with Gasteiger partial charge < -0.3 is 24.3 Å². The summed E-state index contributed by atoms with van der Waals surface area (Å²) >= 11 is 0. The van der Waals surface area contributed by atoms with Crippen molar-refractivity contribution < 1.29 is 19.4 Å². The maximum Gasteiger partial charge on any atom is 0.290 e. The standard InChI is InChI=1S/C14H17N5O3.CH2O2/c1-9-6-18(14(21)10-3-4-13(20)15-5-10)7-11-16-17-12(8-22-2)19(9)11;2-1-3/h3-5,9H,6-8H2,1-2H3,(H,15,20);1H,(H,2,3)/t9-;/m0./s1. The summed E-state index contributed by atoms with van der Waals surface area (Å²) in [5.74, 6) is 1.37. The van der Waals surface area contributed by atoms with Crippen LogP contribution in [0.2, 0.25) is 0 Å². The number of aromatic nitrogens is 4. The SMILES string of the molecule is COCc1nnc2n1[C@@H](C)CN(C(=O)c1ccc(=O)[nH]c1)C2.O=CO. The van der Waals surface area contributed by atoms with Gasteiger partial charge in [-0.2, -0.15) is 0 Å². The van der Waals surface area contributed by atoms with Crippen molar-refractivity contribution in [1.82, 2.24) is 24.6 Å². The van der Waals surface area contributed by atoms with Gasteiger partial charge in [0.1, 0.15) is 6.61 Å². The lowest BCUT2D eigenvalue weighted by atomic mass is 10.2. The van der Waals surface area contributed by atoms with E-state index in [-0.39, 0.29) is 24.0 Å². The Morgan fingerprint density at radius 3 is 2.80 bits per heavy atom. The summed E-state index contributed by atoms with van der Waals surface area (Å²) < 4.78 is 7.13. The Morgan fingerprint density at radius 2 is 2.20 bits per heavy atom. The van der Waals surface area contributed by atoms with E-state index in [1.165, 1.54) is 18.3 Å². The predicted molar refractivity (Wildman–Crippen MR) is 85.9 cm³/mol. The van der Waals surface area contributed by atoms with E-state index in [4.69, 9.17) is 14.6 Å². The zero-order valence-electron chi connectivity index (χ0n) is 13.9. The zero-order valence-corrected chi connectivity index (χ0v) is 13.9. The van der Waals surface area contributed by atoms with Gasteiger partial charge in [0, 0.05) is 25.9 Å². The van der Waals surface area contributed by atoms with Crippen LogP contribution in [0.4, 0.5) is 0 Å². The first kappa shape index (κ1) is 18.3. The van der Waals surface area contributed by atoms with Crippen molar-refractivity contribution in [2.24, 2.45) is 0 Å². The van der Waals surface area contributed by atoms with Crippen molar-refractivity contribution in [3.8, 4) is 0 Å². The van der Waals surface area contributed by atoms with Crippen LogP contribution in [-0.2, 0) is 22.7 Å². The molecule has 3 heterocycles. The molecule has 3 rings (SSSR count). The van der Waals surface area contributed by atoms with E-state index < -0.39 is 0 Å². The third-order valence-electron chi connectivity index (χ3n) is 3.69. The van der Waals surface area contributed by atoms with Crippen molar-refractivity contribution in [1.29, 1.82) is 0 Å². The lowest BCUT2D eigenvalue weighted by molar-refractivity contribution is -0.122. The molecule has 1 aliphatic rings. The summed E-state index contributed by atoms with van der Waals surface area (Å²) in [4.78, 5) is 36.2. The van der Waals surface area contributed by atoms with Crippen molar-refractivity contribution in [3.63, 3.8) is 0 Å². The first-order valence-electron chi connectivity index (χ1n) is 7.49. The monoisotopic (exact) mass is 349 g/mol. The van der Waals surface area contributed by atoms with Crippen LogP contribution in [-0.4, -0.2) is 55.8 Å². The largest absolute Gasteiger partial charge is 0.483 e. The summed E-state index contributed by atoms with van der Waals surface area (Å²) in [6.45, 7) is 3.10. The van der Waals surface area contributed by atoms with Crippen molar-refractivity contribution in [2.75, 3.05) is 13.7 Å². The molecule has 10 heteroatoms. The topological polar surface area (TPSA) is 130 Å². The first-order valence-corrected chi connectivity index (χ1v) is 7.49. The predicted octanol–water partition coefficient (Wildman–Crippen LogP) is 0.0306. The molecule has 0 fully saturated rings. The molecule has 2 aromatic heterocycles. The van der Waals surface area contributed by atoms with Gasteiger partial charge in [0.05, 0.1) is 18.2 Å². The van der Waals surface area contributed by atoms with Crippen LogP contribution < -0.4 is 5.56 Å². The maximum absolute atomic E-state index is 12.5. The number of carbonyl (C=O) groups excluding carboxylic acids is 1. The molecule has 2 N–H and O–H groups in total. The summed E-state index contributed by atoms with van der Waals surface area (Å²) in [5, 5.41) is 15.2. The molecule has 10 nitrogen and oxygen atoms in total. The molecule has 0 saturated heterocycles. The summed E-state index contributed by atoms with van der Waals surface area (Å²) in [6.07, 6.45) is 1.44. The number of aromatic amines is 1. The minimum Gasteiger partial charge on any atom is -0.483 e. The summed E-state index contributed by atoms with van der Waals surface area (Å²) in [5.41, 5.74) is 0.226. The van der Waals surface area contributed by atoms with Crippen LogP contribution in [0.5, 0.6) is 0 Å². The van der Waals surface area contributed by atoms with Crippen LogP contribution in [0.25, 0.3) is 0 Å². The second-order valence-electron chi connectivity index (χ2n) is 5.42. The van der Waals surface area contributed by atoms with E-state index in [9.17, 15) is 9.59 Å². The number of hydrogen-bond donors (Lipinski definition) is 2. The third kappa shape index (κ3) is 4.10. The molecule has 0 aliphatic carbocycles. The number of fused-ring (bicyclic) bond motifs is 1. The lowest BCUT2D eigenvalue weighted by Crippen LogP contribution is -2.41. The average Bonchev–Trinajstić information content (AvgIpc) is 2.99. The number of rotatable bonds is 3. The van der Waals surface area contributed by atoms with Crippen LogP contribution in [0.15, 0.2) is 23.1 Å². The fraction of sp³-hybridized carbons (Fsp3) is 0.400. The second kappa shape index (κ2) is 8.20. The number of H-pyrrole nitrogens is 1. The Labute approximate surface area is 143 Å². The van der Waals surface area contributed by atoms with Crippen molar-refractivity contribution in [3.05, 3.63) is 45.9 Å². The Hall–Kier alpha value is -3.01. The van der Waals surface area contributed by atoms with Gasteiger partial charge in [-0.05, 0) is 13.0 Å². The molecule has 1 aliphatic heterocycles. The minimum atomic E-state index is -0.250. The zero-order chi connectivity index (χ0) is 18.4. The normalized spacial score (nSPS) is 15.8. The highest BCUT2D eigenvalue weighted by atomic mass is 16.5. The van der Waals surface area contributed by atoms with Gasteiger partial charge in [-0.15, -0.1) is 10.2 Å². The molecule has 0 radical (unpaired) electrons. The molecular weight excluding hydrogens is 330 g/mol. The Kier molecular flexibility index (Phi) is 6.01. The highest BCUT2D eigenvalue weighted by Crippen LogP contribution is 2.23. The number of amides is 1. The molecule has 1 atom stereocenters. The highest BCUT2D eigenvalue weighted by Gasteiger charge is 2.29. The van der Waals surface area contributed by atoms with E-state index in [0.717, 1.165) is 11.6 Å². The smallest absolute Gasteiger partial charge is 0.290 e. The molecule has 134 valence electrons. The Morgan fingerprint density at radius 1 is 1.48 bits per heavy atom. The van der Waals surface area contributed by atoms with Crippen LogP contribution in [0.3, 0.4) is 0 Å². The van der Waals surface area contributed by atoms with Crippen LogP contribution in [0, 0.1) is 0 Å². The molecular formula is C15H19N5O5. The quantitative estimate of drug-likeness (QED) is 0.748. The van der Waals surface area contributed by atoms with E-state index in [1.807, 2.05) is 11.5 Å². The first-order chi connectivity index (χ1) is 12.0. The fourth-order valence-electron chi connectivity index (χ4n) is 2.72. The van der Waals surface area contributed by atoms with Gasteiger partial charge in [-0.25, -0.2) is 0 Å². The number of carboxylic acid groups (broad SMARTS) is 1. The molecule has 0 saturated carbocycles. The number of methoxy groups -OCH3 is 1. The third-order valence-corrected chi connectivity index (χ3v) is 3.69. The Balaban J connectivity index is 0.000000701. The molecule has 0 aromatic carbocycles. The average molecular weight is 349 g/mol. The van der Waals surface area contributed by atoms with Gasteiger partial charge in [-0.3, -0.25) is 14.4 Å². The Bertz CT molecular complexity index is 779. The number of hydrogen-bond acceptors (Lipinski definition) is 6. The van der Waals surface area contributed by atoms with Crippen LogP contribution in [0.1, 0.15) is 35.0 Å². The van der Waals surface area contributed by atoms with Gasteiger partial charge >= 0.3 is 0 Å². The van der Waals surface area contributed by atoms with E-state index in [1.54, 1.807) is 12.0 Å². The molecule has 1 amide bonds. The van der Waals surface area contributed by atoms with Gasteiger partial charge in [-0.1, -0.05) is 0 Å². The maximum atomic E-state index is 12.5. The number of nitrogens with zero attached hydrogens (tertiary/aromatic N) is 4. The highest BCUT2D eigenvalue weighted by molar-refractivity contribution is 5.93. The fourth-order valence-corrected chi connectivity index (χ4v) is 2.72. The molecule has 0 unspecified atom stereocenters.